The topological polar surface area (TPSA) is 130 Å². The van der Waals surface area contributed by atoms with E-state index in [1.807, 2.05) is 19.9 Å². The number of nitrogens with one attached hydrogen (secondary N) is 3. The molecule has 0 amide bonds. The highest BCUT2D eigenvalue weighted by Crippen LogP contribution is 2.47. The molecule has 0 aromatic carbocycles. The molecule has 0 radical (unpaired) electrons. The smallest absolute Gasteiger partial charge is 0.331 e. The van der Waals surface area contributed by atoms with Crippen LogP contribution in [-0.2, 0) is 13.6 Å². The predicted octanol–water partition coefficient (Wildman–Crippen LogP) is 4.96. The van der Waals surface area contributed by atoms with Crippen LogP contribution in [0.1, 0.15) is 85.0 Å². The number of rotatable bonds is 18. The summed E-state index contributed by atoms with van der Waals surface area (Å²) in [6.45, 7) is 14.2. The van der Waals surface area contributed by atoms with E-state index in [-0.39, 0.29) is 6.04 Å². The van der Waals surface area contributed by atoms with Gasteiger partial charge in [-0.2, -0.15) is 9.97 Å². The molecule has 1 aliphatic heterocycles. The molecule has 1 saturated heterocycles. The quantitative estimate of drug-likeness (QED) is 0.129. The summed E-state index contributed by atoms with van der Waals surface area (Å²) in [5.41, 5.74) is 6.22. The van der Waals surface area contributed by atoms with Gasteiger partial charge in [0.05, 0.1) is 19.4 Å². The first-order chi connectivity index (χ1) is 21.4. The van der Waals surface area contributed by atoms with E-state index in [9.17, 15) is 4.57 Å². The van der Waals surface area contributed by atoms with Crippen LogP contribution in [0.5, 0.6) is 0 Å². The maximum atomic E-state index is 12.9. The largest absolute Gasteiger partial charge is 0.383 e. The third-order valence-electron chi connectivity index (χ3n) is 9.65. The van der Waals surface area contributed by atoms with E-state index >= 15 is 0 Å². The summed E-state index contributed by atoms with van der Waals surface area (Å²) >= 11 is 0. The molecule has 252 valence electrons. The Morgan fingerprint density at radius 2 is 1.66 bits per heavy atom. The monoisotopic (exact) mass is 636 g/mol. The summed E-state index contributed by atoms with van der Waals surface area (Å²) in [4.78, 5) is 14.0. The van der Waals surface area contributed by atoms with Gasteiger partial charge in [-0.05, 0) is 97.2 Å². The van der Waals surface area contributed by atoms with Gasteiger partial charge in [-0.15, -0.1) is 0 Å². The lowest BCUT2D eigenvalue weighted by atomic mass is 9.82. The van der Waals surface area contributed by atoms with Crippen molar-refractivity contribution in [2.24, 2.45) is 11.8 Å². The molecular formula is C32H61N8O3P. The molecule has 3 aliphatic rings. The normalized spacial score (nSPS) is 24.1. The maximum Gasteiger partial charge on any atom is 0.331 e. The van der Waals surface area contributed by atoms with Crippen LogP contribution in [0.25, 0.3) is 0 Å². The lowest BCUT2D eigenvalue weighted by molar-refractivity contribution is 0.184. The van der Waals surface area contributed by atoms with Crippen LogP contribution in [0, 0.1) is 11.8 Å². The van der Waals surface area contributed by atoms with Crippen LogP contribution in [0.4, 0.5) is 17.6 Å². The van der Waals surface area contributed by atoms with E-state index in [4.69, 9.17) is 19.8 Å². The van der Waals surface area contributed by atoms with Crippen LogP contribution >= 0.6 is 7.60 Å². The minimum Gasteiger partial charge on any atom is -0.383 e. The summed E-state index contributed by atoms with van der Waals surface area (Å²) in [5, 5.41) is 11.0. The lowest BCUT2D eigenvalue weighted by Crippen LogP contribution is -2.52. The standard InChI is InChI=1S/C32H61N8O3P/c1-4-42-44(41,43-5-2)21-20-39-18-19-40(25-26(39)3)31-22-30(33)37-32(38-31)36-24-28-14-12-27(13-15-28)23-34-16-9-17-35-29-10-7-6-8-11-29/h22,26-29,34-35H,4-21,23-25H2,1-3H3,(H3,33,36,37,38)/t26-,27?,28?/m0/s1. The van der Waals surface area contributed by atoms with Gasteiger partial charge in [0.2, 0.25) is 5.95 Å². The van der Waals surface area contributed by atoms with Crippen LogP contribution in [-0.4, -0.2) is 98.7 Å². The number of nitrogens with two attached hydrogens (primary N) is 1. The van der Waals surface area contributed by atoms with Crippen molar-refractivity contribution in [1.82, 2.24) is 25.5 Å². The molecule has 1 aromatic rings. The van der Waals surface area contributed by atoms with Gasteiger partial charge < -0.3 is 35.6 Å². The molecule has 0 bridgehead atoms. The summed E-state index contributed by atoms with van der Waals surface area (Å²) in [6, 6.07) is 2.91. The molecule has 12 heteroatoms. The SMILES string of the molecule is CCOP(=O)(CCN1CCN(c2cc(N)nc(NCC3CCC(CNCCCNC4CCCCC4)CC3)n2)C[C@@H]1C)OCC. The van der Waals surface area contributed by atoms with Gasteiger partial charge in [0, 0.05) is 50.9 Å². The zero-order chi connectivity index (χ0) is 31.2. The average molecular weight is 637 g/mol. The first-order valence-corrected chi connectivity index (χ1v) is 19.3. The molecule has 1 atom stereocenters. The fraction of sp³-hybridized carbons (Fsp3) is 0.875. The third-order valence-corrected chi connectivity index (χ3v) is 11.7. The van der Waals surface area contributed by atoms with Gasteiger partial charge in [-0.1, -0.05) is 19.3 Å². The number of hydrogen-bond donors (Lipinski definition) is 4. The van der Waals surface area contributed by atoms with Gasteiger partial charge in [0.15, 0.2) is 0 Å². The minimum absolute atomic E-state index is 0.274. The number of hydrogen-bond acceptors (Lipinski definition) is 11. The van der Waals surface area contributed by atoms with E-state index in [0.717, 1.165) is 63.6 Å². The summed E-state index contributed by atoms with van der Waals surface area (Å²) in [6.07, 6.45) is 13.7. The van der Waals surface area contributed by atoms with Crippen molar-refractivity contribution in [3.8, 4) is 0 Å². The Hall–Kier alpha value is -1.49. The molecule has 2 aliphatic carbocycles. The molecule has 0 unspecified atom stereocenters. The van der Waals surface area contributed by atoms with Crippen molar-refractivity contribution in [2.45, 2.75) is 97.1 Å². The average Bonchev–Trinajstić information content (AvgIpc) is 3.02. The summed E-state index contributed by atoms with van der Waals surface area (Å²) in [7, 11) is -3.04. The summed E-state index contributed by atoms with van der Waals surface area (Å²) in [5.74, 6) is 3.41. The Kier molecular flexibility index (Phi) is 15.0. The van der Waals surface area contributed by atoms with Crippen LogP contribution < -0.4 is 26.6 Å². The molecular weight excluding hydrogens is 575 g/mol. The Balaban J connectivity index is 1.13. The lowest BCUT2D eigenvalue weighted by Gasteiger charge is -2.40. The summed E-state index contributed by atoms with van der Waals surface area (Å²) < 4.78 is 23.9. The van der Waals surface area contributed by atoms with Crippen molar-refractivity contribution in [2.75, 3.05) is 87.7 Å². The molecule has 1 aromatic heterocycles. The highest BCUT2D eigenvalue weighted by atomic mass is 31.2. The Bertz CT molecular complexity index is 996. The highest BCUT2D eigenvalue weighted by molar-refractivity contribution is 7.53. The van der Waals surface area contributed by atoms with Crippen LogP contribution in [0.15, 0.2) is 6.07 Å². The number of nitrogen functional groups attached to an aromatic ring is 1. The van der Waals surface area contributed by atoms with Gasteiger partial charge in [0.1, 0.15) is 11.6 Å². The zero-order valence-corrected chi connectivity index (χ0v) is 28.7. The Morgan fingerprint density at radius 3 is 2.34 bits per heavy atom. The molecule has 5 N–H and O–H groups in total. The van der Waals surface area contributed by atoms with Crippen molar-refractivity contribution in [1.29, 1.82) is 0 Å². The zero-order valence-electron chi connectivity index (χ0n) is 27.8. The fourth-order valence-corrected chi connectivity index (χ4v) is 8.67. The number of anilines is 3. The second-order valence-electron chi connectivity index (χ2n) is 13.1. The van der Waals surface area contributed by atoms with E-state index < -0.39 is 7.60 Å². The van der Waals surface area contributed by atoms with E-state index in [0.29, 0.717) is 43.6 Å². The third kappa shape index (κ3) is 11.7. The van der Waals surface area contributed by atoms with Gasteiger partial charge in [-0.3, -0.25) is 9.46 Å². The van der Waals surface area contributed by atoms with E-state index in [1.165, 1.54) is 64.2 Å². The number of aromatic nitrogens is 2. The molecule has 2 heterocycles. The number of piperazine rings is 1. The fourth-order valence-electron chi connectivity index (χ4n) is 7.05. The van der Waals surface area contributed by atoms with Crippen molar-refractivity contribution in [3.63, 3.8) is 0 Å². The van der Waals surface area contributed by atoms with Crippen molar-refractivity contribution < 1.29 is 13.6 Å². The van der Waals surface area contributed by atoms with Gasteiger partial charge >= 0.3 is 7.60 Å². The molecule has 3 fully saturated rings. The van der Waals surface area contributed by atoms with Crippen molar-refractivity contribution in [3.05, 3.63) is 6.07 Å². The second-order valence-corrected chi connectivity index (χ2v) is 15.3. The van der Waals surface area contributed by atoms with Gasteiger partial charge in [-0.25, -0.2) is 0 Å². The minimum atomic E-state index is -3.04. The predicted molar refractivity (Wildman–Crippen MR) is 182 cm³/mol. The maximum absolute atomic E-state index is 12.9. The highest BCUT2D eigenvalue weighted by Gasteiger charge is 2.30. The first-order valence-electron chi connectivity index (χ1n) is 17.6. The molecule has 4 rings (SSSR count). The first kappa shape index (κ1) is 35.4. The molecule has 11 nitrogen and oxygen atoms in total. The second kappa shape index (κ2) is 18.6. The Morgan fingerprint density at radius 1 is 0.955 bits per heavy atom. The number of nitrogens with zero attached hydrogens (tertiary/aromatic N) is 4. The van der Waals surface area contributed by atoms with E-state index in [2.05, 4.69) is 37.7 Å². The van der Waals surface area contributed by atoms with E-state index in [1.54, 1.807) is 0 Å². The Labute approximate surface area is 266 Å². The van der Waals surface area contributed by atoms with Gasteiger partial charge in [0.25, 0.3) is 0 Å². The molecule has 2 saturated carbocycles. The van der Waals surface area contributed by atoms with Crippen LogP contribution in [0.2, 0.25) is 0 Å². The molecule has 0 spiro atoms. The van der Waals surface area contributed by atoms with Crippen LogP contribution in [0.3, 0.4) is 0 Å². The molecule has 44 heavy (non-hydrogen) atoms. The van der Waals surface area contributed by atoms with Crippen molar-refractivity contribution >= 4 is 25.2 Å².